The van der Waals surface area contributed by atoms with E-state index in [1.54, 1.807) is 11.1 Å². The van der Waals surface area contributed by atoms with E-state index in [4.69, 9.17) is 4.99 Å². The number of nitrogens with zero attached hydrogens (tertiary/aromatic N) is 3. The Balaban J connectivity index is 1.60. The molecule has 1 aliphatic rings. The quantitative estimate of drug-likeness (QED) is 0.516. The van der Waals surface area contributed by atoms with Crippen molar-refractivity contribution in [3.63, 3.8) is 0 Å². The van der Waals surface area contributed by atoms with E-state index in [-0.39, 0.29) is 18.2 Å². The molecular weight excluding hydrogens is 444 g/mol. The fraction of sp³-hybridized carbons (Fsp3) is 0.259. The van der Waals surface area contributed by atoms with Crippen molar-refractivity contribution in [2.75, 3.05) is 5.32 Å². The summed E-state index contributed by atoms with van der Waals surface area (Å²) >= 11 is 1.34. The molecule has 7 heteroatoms. The minimum absolute atomic E-state index is 0.0712. The van der Waals surface area contributed by atoms with Crippen LogP contribution in [0.25, 0.3) is 0 Å². The first-order valence-corrected chi connectivity index (χ1v) is 12.1. The Hall–Kier alpha value is -3.45. The Morgan fingerprint density at radius 2 is 1.62 bits per heavy atom. The summed E-state index contributed by atoms with van der Waals surface area (Å²) in [4.78, 5) is 37.2. The standard InChI is InChI=1S/C27H28N4O2S/c1-17-9-7-10-18(2)24(17)29-23(32)15-22-26(33)31(16-21-13-5-6-14-28-21)27(34-22)30-25-19(3)11-8-12-20(25)4/h5-14,22H,15-16H2,1-4H3,(H,29,32). The van der Waals surface area contributed by atoms with Crippen LogP contribution in [-0.4, -0.2) is 32.1 Å². The predicted octanol–water partition coefficient (Wildman–Crippen LogP) is 5.48. The minimum Gasteiger partial charge on any atom is -0.326 e. The predicted molar refractivity (Wildman–Crippen MR) is 138 cm³/mol. The second-order valence-corrected chi connectivity index (χ2v) is 9.68. The highest BCUT2D eigenvalue weighted by atomic mass is 32.2. The molecule has 1 atom stereocenters. The molecule has 2 amide bonds. The molecule has 1 aromatic heterocycles. The van der Waals surface area contributed by atoms with Gasteiger partial charge >= 0.3 is 0 Å². The fourth-order valence-electron chi connectivity index (χ4n) is 3.97. The Bertz CT molecular complexity index is 1220. The smallest absolute Gasteiger partial charge is 0.243 e. The number of hydrogen-bond donors (Lipinski definition) is 1. The van der Waals surface area contributed by atoms with E-state index in [1.165, 1.54) is 11.8 Å². The molecule has 0 aliphatic carbocycles. The van der Waals surface area contributed by atoms with Gasteiger partial charge in [-0.1, -0.05) is 54.2 Å². The molecule has 1 unspecified atom stereocenters. The van der Waals surface area contributed by atoms with E-state index in [0.717, 1.165) is 39.3 Å². The Morgan fingerprint density at radius 1 is 0.971 bits per heavy atom. The van der Waals surface area contributed by atoms with Gasteiger partial charge in [0, 0.05) is 18.3 Å². The highest BCUT2D eigenvalue weighted by molar-refractivity contribution is 8.15. The molecule has 2 heterocycles. The average Bonchev–Trinajstić information content (AvgIpc) is 3.08. The van der Waals surface area contributed by atoms with Gasteiger partial charge in [0.05, 0.1) is 17.9 Å². The number of benzene rings is 2. The zero-order valence-corrected chi connectivity index (χ0v) is 20.6. The summed E-state index contributed by atoms with van der Waals surface area (Å²) < 4.78 is 0. The van der Waals surface area contributed by atoms with Gasteiger partial charge in [-0.3, -0.25) is 19.5 Å². The van der Waals surface area contributed by atoms with Gasteiger partial charge in [0.2, 0.25) is 11.8 Å². The number of hydrogen-bond acceptors (Lipinski definition) is 5. The van der Waals surface area contributed by atoms with Crippen molar-refractivity contribution in [1.29, 1.82) is 0 Å². The summed E-state index contributed by atoms with van der Waals surface area (Å²) in [6, 6.07) is 17.5. The number of pyridine rings is 1. The third-order valence-electron chi connectivity index (χ3n) is 5.83. The van der Waals surface area contributed by atoms with Crippen molar-refractivity contribution in [2.24, 2.45) is 4.99 Å². The zero-order valence-electron chi connectivity index (χ0n) is 19.8. The van der Waals surface area contributed by atoms with Gasteiger partial charge in [0.25, 0.3) is 0 Å². The molecule has 0 spiro atoms. The van der Waals surface area contributed by atoms with Crippen LogP contribution in [0.5, 0.6) is 0 Å². The normalized spacial score (nSPS) is 16.8. The monoisotopic (exact) mass is 472 g/mol. The SMILES string of the molecule is Cc1cccc(C)c1N=C1SC(CC(=O)Nc2c(C)cccc2C)C(=O)N1Cc1ccccn1. The first-order valence-electron chi connectivity index (χ1n) is 11.2. The molecule has 1 N–H and O–H groups in total. The lowest BCUT2D eigenvalue weighted by Gasteiger charge is -2.17. The number of anilines is 1. The lowest BCUT2D eigenvalue weighted by Crippen LogP contribution is -2.33. The highest BCUT2D eigenvalue weighted by Gasteiger charge is 2.39. The van der Waals surface area contributed by atoms with Gasteiger partial charge < -0.3 is 5.32 Å². The van der Waals surface area contributed by atoms with Crippen molar-refractivity contribution in [1.82, 2.24) is 9.88 Å². The molecule has 3 aromatic rings. The molecule has 0 bridgehead atoms. The number of amides is 2. The van der Waals surface area contributed by atoms with Gasteiger partial charge in [-0.05, 0) is 62.1 Å². The number of para-hydroxylation sites is 2. The summed E-state index contributed by atoms with van der Waals surface area (Å²) in [5, 5.41) is 3.05. The Labute approximate surface area is 204 Å². The maximum atomic E-state index is 13.4. The van der Waals surface area contributed by atoms with Crippen LogP contribution in [0.1, 0.15) is 34.4 Å². The molecule has 1 saturated heterocycles. The van der Waals surface area contributed by atoms with Crippen LogP contribution < -0.4 is 5.32 Å². The van der Waals surface area contributed by atoms with Crippen molar-refractivity contribution in [3.8, 4) is 0 Å². The summed E-state index contributed by atoms with van der Waals surface area (Å²) in [5.74, 6) is -0.313. The van der Waals surface area contributed by atoms with Crippen molar-refractivity contribution in [3.05, 3.63) is 88.7 Å². The number of carbonyl (C=O) groups is 2. The first-order chi connectivity index (χ1) is 16.3. The lowest BCUT2D eigenvalue weighted by molar-refractivity contribution is -0.128. The average molecular weight is 473 g/mol. The fourth-order valence-corrected chi connectivity index (χ4v) is 5.12. The van der Waals surface area contributed by atoms with Gasteiger partial charge in [-0.2, -0.15) is 0 Å². The third-order valence-corrected chi connectivity index (χ3v) is 7.00. The van der Waals surface area contributed by atoms with Crippen LogP contribution in [0.3, 0.4) is 0 Å². The van der Waals surface area contributed by atoms with Crippen LogP contribution in [0.15, 0.2) is 65.8 Å². The number of aliphatic imine (C=N–C) groups is 1. The van der Waals surface area contributed by atoms with Crippen LogP contribution in [0.2, 0.25) is 0 Å². The molecule has 1 aliphatic heterocycles. The Kier molecular flexibility index (Phi) is 7.12. The van der Waals surface area contributed by atoms with Gasteiger partial charge in [-0.25, -0.2) is 4.99 Å². The number of nitrogens with one attached hydrogen (secondary N) is 1. The van der Waals surface area contributed by atoms with Gasteiger partial charge in [-0.15, -0.1) is 0 Å². The molecular formula is C27H28N4O2S. The van der Waals surface area contributed by atoms with E-state index in [0.29, 0.717) is 11.7 Å². The first kappa shape index (κ1) is 23.7. The van der Waals surface area contributed by atoms with E-state index in [9.17, 15) is 9.59 Å². The highest BCUT2D eigenvalue weighted by Crippen LogP contribution is 2.34. The minimum atomic E-state index is -0.545. The summed E-state index contributed by atoms with van der Waals surface area (Å²) in [6.07, 6.45) is 1.78. The maximum absolute atomic E-state index is 13.4. The van der Waals surface area contributed by atoms with E-state index in [2.05, 4.69) is 10.3 Å². The molecule has 1 fully saturated rings. The number of rotatable bonds is 6. The summed E-state index contributed by atoms with van der Waals surface area (Å²) in [6.45, 7) is 8.24. The van der Waals surface area contributed by atoms with E-state index < -0.39 is 5.25 Å². The van der Waals surface area contributed by atoms with Crippen molar-refractivity contribution >= 4 is 40.1 Å². The summed E-state index contributed by atoms with van der Waals surface area (Å²) in [5.41, 5.74) is 6.48. The Morgan fingerprint density at radius 3 is 2.24 bits per heavy atom. The maximum Gasteiger partial charge on any atom is 0.243 e. The number of amidine groups is 1. The van der Waals surface area contributed by atoms with Crippen molar-refractivity contribution < 1.29 is 9.59 Å². The molecule has 0 saturated carbocycles. The molecule has 34 heavy (non-hydrogen) atoms. The van der Waals surface area contributed by atoms with Crippen LogP contribution in [-0.2, 0) is 16.1 Å². The number of aryl methyl sites for hydroxylation is 4. The van der Waals surface area contributed by atoms with Crippen LogP contribution in [0, 0.1) is 27.7 Å². The number of carbonyl (C=O) groups excluding carboxylic acids is 2. The third kappa shape index (κ3) is 5.20. The molecule has 0 radical (unpaired) electrons. The van der Waals surface area contributed by atoms with Crippen LogP contribution in [0.4, 0.5) is 11.4 Å². The topological polar surface area (TPSA) is 74.7 Å². The number of aromatic nitrogens is 1. The molecule has 6 nitrogen and oxygen atoms in total. The largest absolute Gasteiger partial charge is 0.326 e. The number of thioether (sulfide) groups is 1. The van der Waals surface area contributed by atoms with Crippen LogP contribution >= 0.6 is 11.8 Å². The van der Waals surface area contributed by atoms with E-state index in [1.807, 2.05) is 82.3 Å². The second kappa shape index (κ2) is 10.2. The summed E-state index contributed by atoms with van der Waals surface area (Å²) in [7, 11) is 0. The zero-order chi connectivity index (χ0) is 24.2. The molecule has 174 valence electrons. The molecule has 2 aromatic carbocycles. The van der Waals surface area contributed by atoms with E-state index >= 15 is 0 Å². The molecule has 4 rings (SSSR count). The second-order valence-electron chi connectivity index (χ2n) is 8.51. The van der Waals surface area contributed by atoms with Gasteiger partial charge in [0.15, 0.2) is 5.17 Å². The van der Waals surface area contributed by atoms with Gasteiger partial charge in [0.1, 0.15) is 5.25 Å². The van der Waals surface area contributed by atoms with Crippen molar-refractivity contribution in [2.45, 2.75) is 45.9 Å². The lowest BCUT2D eigenvalue weighted by atomic mass is 10.1.